The highest BCUT2D eigenvalue weighted by molar-refractivity contribution is 6.29. The molecule has 6 nitrogen and oxygen atoms in total. The second kappa shape index (κ2) is 5.88. The molecule has 0 spiro atoms. The molecule has 7 heteroatoms. The van der Waals surface area contributed by atoms with Gasteiger partial charge < -0.3 is 5.32 Å². The number of anilines is 1. The molecule has 0 aliphatic rings. The Hall–Kier alpha value is -2.47. The van der Waals surface area contributed by atoms with E-state index in [0.29, 0.717) is 23.3 Å². The van der Waals surface area contributed by atoms with Crippen LogP contribution in [-0.4, -0.2) is 24.7 Å². The van der Waals surface area contributed by atoms with Crippen LogP contribution in [0.4, 0.5) is 5.82 Å². The van der Waals surface area contributed by atoms with Crippen molar-refractivity contribution in [2.45, 2.75) is 13.5 Å². The summed E-state index contributed by atoms with van der Waals surface area (Å²) in [6.45, 7) is 2.47. The molecule has 0 bridgehead atoms. The third-order valence-electron chi connectivity index (χ3n) is 2.90. The van der Waals surface area contributed by atoms with Crippen molar-refractivity contribution < 1.29 is 0 Å². The summed E-state index contributed by atoms with van der Waals surface area (Å²) in [5.74, 6) is 1.36. The Bertz CT molecular complexity index is 703. The van der Waals surface area contributed by atoms with E-state index in [1.807, 2.05) is 31.2 Å². The summed E-state index contributed by atoms with van der Waals surface area (Å²) >= 11 is 5.90. The number of rotatable bonds is 4. The Kier molecular flexibility index (Phi) is 3.79. The average Bonchev–Trinajstić information content (AvgIpc) is 2.99. The molecule has 0 radical (unpaired) electrons. The summed E-state index contributed by atoms with van der Waals surface area (Å²) in [6, 6.07) is 9.74. The Morgan fingerprint density at radius 3 is 2.67 bits per heavy atom. The van der Waals surface area contributed by atoms with Gasteiger partial charge in [0.15, 0.2) is 0 Å². The van der Waals surface area contributed by atoms with Crippen molar-refractivity contribution in [1.82, 2.24) is 24.7 Å². The summed E-state index contributed by atoms with van der Waals surface area (Å²) in [6.07, 6.45) is 3.18. The van der Waals surface area contributed by atoms with E-state index in [9.17, 15) is 0 Å². The molecule has 2 heterocycles. The van der Waals surface area contributed by atoms with Crippen LogP contribution in [0.5, 0.6) is 0 Å². The third-order valence-corrected chi connectivity index (χ3v) is 3.09. The number of halogens is 1. The Morgan fingerprint density at radius 1 is 1.19 bits per heavy atom. The molecule has 0 saturated heterocycles. The van der Waals surface area contributed by atoms with Crippen LogP contribution >= 0.6 is 11.6 Å². The fourth-order valence-electron chi connectivity index (χ4n) is 1.92. The molecule has 0 atom stereocenters. The van der Waals surface area contributed by atoms with Crippen molar-refractivity contribution >= 4 is 17.4 Å². The van der Waals surface area contributed by atoms with Crippen molar-refractivity contribution in [3.05, 3.63) is 59.5 Å². The SMILES string of the molecule is Cc1nc(Cl)cc(NCc2ccc(-n3cncn3)cc2)n1. The van der Waals surface area contributed by atoms with E-state index in [0.717, 1.165) is 11.3 Å². The predicted molar refractivity (Wildman–Crippen MR) is 80.5 cm³/mol. The van der Waals surface area contributed by atoms with Crippen LogP contribution < -0.4 is 5.32 Å². The largest absolute Gasteiger partial charge is 0.366 e. The van der Waals surface area contributed by atoms with Crippen molar-refractivity contribution in [3.8, 4) is 5.69 Å². The monoisotopic (exact) mass is 300 g/mol. The molecular weight excluding hydrogens is 288 g/mol. The molecule has 0 aliphatic heterocycles. The molecule has 0 amide bonds. The second-order valence-electron chi connectivity index (χ2n) is 4.48. The maximum Gasteiger partial charge on any atom is 0.138 e. The van der Waals surface area contributed by atoms with Gasteiger partial charge in [0.1, 0.15) is 29.5 Å². The van der Waals surface area contributed by atoms with Crippen LogP contribution in [-0.2, 0) is 6.54 Å². The van der Waals surface area contributed by atoms with Crippen LogP contribution in [0.2, 0.25) is 5.15 Å². The molecule has 2 aromatic heterocycles. The van der Waals surface area contributed by atoms with Gasteiger partial charge in [-0.15, -0.1) is 0 Å². The number of aryl methyl sites for hydroxylation is 1. The minimum absolute atomic E-state index is 0.437. The maximum absolute atomic E-state index is 5.90. The van der Waals surface area contributed by atoms with Gasteiger partial charge in [-0.25, -0.2) is 19.6 Å². The van der Waals surface area contributed by atoms with Gasteiger partial charge in [-0.2, -0.15) is 5.10 Å². The Labute approximate surface area is 126 Å². The maximum atomic E-state index is 5.90. The lowest BCUT2D eigenvalue weighted by Gasteiger charge is -2.07. The average molecular weight is 301 g/mol. The number of hydrogen-bond acceptors (Lipinski definition) is 5. The van der Waals surface area contributed by atoms with E-state index in [2.05, 4.69) is 25.4 Å². The zero-order valence-electron chi connectivity index (χ0n) is 11.4. The highest BCUT2D eigenvalue weighted by atomic mass is 35.5. The van der Waals surface area contributed by atoms with E-state index in [-0.39, 0.29) is 0 Å². The zero-order chi connectivity index (χ0) is 14.7. The highest BCUT2D eigenvalue weighted by Gasteiger charge is 2.01. The van der Waals surface area contributed by atoms with Gasteiger partial charge in [0.05, 0.1) is 5.69 Å². The standard InChI is InChI=1S/C14H13ClN6/c1-10-19-13(15)6-14(20-10)17-7-11-2-4-12(5-3-11)21-9-16-8-18-21/h2-6,8-9H,7H2,1H3,(H,17,19,20). The van der Waals surface area contributed by atoms with Crippen LogP contribution in [0.15, 0.2) is 43.0 Å². The van der Waals surface area contributed by atoms with Gasteiger partial charge in [-0.1, -0.05) is 23.7 Å². The third kappa shape index (κ3) is 3.35. The van der Waals surface area contributed by atoms with Crippen LogP contribution in [0.1, 0.15) is 11.4 Å². The number of aromatic nitrogens is 5. The lowest BCUT2D eigenvalue weighted by atomic mass is 10.2. The molecule has 1 N–H and O–H groups in total. The van der Waals surface area contributed by atoms with Crippen LogP contribution in [0.3, 0.4) is 0 Å². The smallest absolute Gasteiger partial charge is 0.138 e. The van der Waals surface area contributed by atoms with Crippen molar-refractivity contribution in [3.63, 3.8) is 0 Å². The number of nitrogens with zero attached hydrogens (tertiary/aromatic N) is 5. The number of benzene rings is 1. The Balaban J connectivity index is 1.68. The first-order chi connectivity index (χ1) is 10.2. The van der Waals surface area contributed by atoms with E-state index in [1.54, 1.807) is 17.1 Å². The lowest BCUT2D eigenvalue weighted by molar-refractivity contribution is 0.877. The van der Waals surface area contributed by atoms with Crippen molar-refractivity contribution in [2.75, 3.05) is 5.32 Å². The molecule has 3 rings (SSSR count). The zero-order valence-corrected chi connectivity index (χ0v) is 12.1. The molecule has 0 unspecified atom stereocenters. The fraction of sp³-hybridized carbons (Fsp3) is 0.143. The van der Waals surface area contributed by atoms with Gasteiger partial charge in [-0.3, -0.25) is 0 Å². The van der Waals surface area contributed by atoms with Crippen LogP contribution in [0.25, 0.3) is 5.69 Å². The molecule has 0 fully saturated rings. The second-order valence-corrected chi connectivity index (χ2v) is 4.87. The highest BCUT2D eigenvalue weighted by Crippen LogP contribution is 2.13. The Morgan fingerprint density at radius 2 is 2.00 bits per heavy atom. The quantitative estimate of drug-likeness (QED) is 0.750. The van der Waals surface area contributed by atoms with E-state index in [1.165, 1.54) is 6.33 Å². The van der Waals surface area contributed by atoms with E-state index < -0.39 is 0 Å². The number of nitrogens with one attached hydrogen (secondary N) is 1. The molecule has 3 aromatic rings. The molecular formula is C14H13ClN6. The molecule has 0 saturated carbocycles. The van der Waals surface area contributed by atoms with Crippen molar-refractivity contribution in [1.29, 1.82) is 0 Å². The van der Waals surface area contributed by atoms with Crippen molar-refractivity contribution in [2.24, 2.45) is 0 Å². The minimum Gasteiger partial charge on any atom is -0.366 e. The normalized spacial score (nSPS) is 10.6. The summed E-state index contributed by atoms with van der Waals surface area (Å²) in [5, 5.41) is 7.75. The summed E-state index contributed by atoms with van der Waals surface area (Å²) < 4.78 is 1.71. The summed E-state index contributed by atoms with van der Waals surface area (Å²) in [7, 11) is 0. The molecule has 106 valence electrons. The number of hydrogen-bond donors (Lipinski definition) is 1. The first kappa shape index (κ1) is 13.5. The van der Waals surface area contributed by atoms with Gasteiger partial charge in [0, 0.05) is 12.6 Å². The van der Waals surface area contributed by atoms with Gasteiger partial charge >= 0.3 is 0 Å². The van der Waals surface area contributed by atoms with E-state index in [4.69, 9.17) is 11.6 Å². The summed E-state index contributed by atoms with van der Waals surface area (Å²) in [4.78, 5) is 12.2. The minimum atomic E-state index is 0.437. The van der Waals surface area contributed by atoms with E-state index >= 15 is 0 Å². The fourth-order valence-corrected chi connectivity index (χ4v) is 2.15. The molecule has 0 aliphatic carbocycles. The topological polar surface area (TPSA) is 68.5 Å². The van der Waals surface area contributed by atoms with Gasteiger partial charge in [0.2, 0.25) is 0 Å². The predicted octanol–water partition coefficient (Wildman–Crippen LogP) is 2.63. The summed E-state index contributed by atoms with van der Waals surface area (Å²) in [5.41, 5.74) is 2.10. The van der Waals surface area contributed by atoms with Gasteiger partial charge in [-0.05, 0) is 24.6 Å². The lowest BCUT2D eigenvalue weighted by Crippen LogP contribution is -2.03. The molecule has 21 heavy (non-hydrogen) atoms. The first-order valence-corrected chi connectivity index (χ1v) is 6.77. The first-order valence-electron chi connectivity index (χ1n) is 6.40. The molecule has 1 aromatic carbocycles. The van der Waals surface area contributed by atoms with Crippen LogP contribution in [0, 0.1) is 6.92 Å². The van der Waals surface area contributed by atoms with Gasteiger partial charge in [0.25, 0.3) is 0 Å².